The number of rotatable bonds is 0. The summed E-state index contributed by atoms with van der Waals surface area (Å²) >= 11 is 0. The lowest BCUT2D eigenvalue weighted by atomic mass is 9.96. The maximum Gasteiger partial charge on any atom is 0.149 e. The first-order chi connectivity index (χ1) is 3.42. The van der Waals surface area contributed by atoms with Gasteiger partial charge in [0.25, 0.3) is 0 Å². The number of hydrogen-bond donors (Lipinski definition) is 0. The molecule has 0 atom stereocenters. The maximum atomic E-state index is 10.4. The van der Waals surface area contributed by atoms with Crippen molar-refractivity contribution in [3.8, 4) is 0 Å². The second-order valence-electron chi connectivity index (χ2n) is 3.12. The van der Waals surface area contributed by atoms with E-state index in [4.69, 9.17) is 0 Å². The average Bonchev–Trinajstić information content (AvgIpc) is 1.21. The minimum atomic E-state index is 0.0475. The van der Waals surface area contributed by atoms with E-state index in [2.05, 4.69) is 0 Å². The molecule has 0 saturated heterocycles. The van der Waals surface area contributed by atoms with E-state index in [9.17, 15) is 5.11 Å². The fourth-order valence-corrected chi connectivity index (χ4v) is 0.610. The summed E-state index contributed by atoms with van der Waals surface area (Å²) in [6, 6.07) is 0. The Bertz CT molecular complexity index is 91.4. The summed E-state index contributed by atoms with van der Waals surface area (Å²) in [6.07, 6.45) is 1.72. The van der Waals surface area contributed by atoms with Gasteiger partial charge in [-0.1, -0.05) is 20.8 Å². The van der Waals surface area contributed by atoms with Crippen molar-refractivity contribution in [1.29, 1.82) is 0 Å². The van der Waals surface area contributed by atoms with Crippen LogP contribution in [0.15, 0.2) is 11.8 Å². The molecule has 0 aromatic carbocycles. The van der Waals surface area contributed by atoms with Crippen LogP contribution in [0.1, 0.15) is 27.7 Å². The van der Waals surface area contributed by atoms with Gasteiger partial charge in [0.1, 0.15) is 5.76 Å². The molecule has 0 aliphatic rings. The van der Waals surface area contributed by atoms with Crippen molar-refractivity contribution < 1.29 is 5.11 Å². The summed E-state index contributed by atoms with van der Waals surface area (Å²) in [4.78, 5) is 0. The quantitative estimate of drug-likeness (QED) is 0.430. The van der Waals surface area contributed by atoms with Crippen molar-refractivity contribution in [2.45, 2.75) is 27.7 Å². The number of allylic oxidation sites excluding steroid dienone is 2. The van der Waals surface area contributed by atoms with Gasteiger partial charge in [-0.15, -0.1) is 0 Å². The molecular weight excluding hydrogens is 100 g/mol. The molecule has 0 aromatic heterocycles. The minimum Gasteiger partial charge on any atom is -0.296 e. The van der Waals surface area contributed by atoms with Crippen LogP contribution < -0.4 is 0 Å². The van der Waals surface area contributed by atoms with Crippen LogP contribution in [0.25, 0.3) is 0 Å². The van der Waals surface area contributed by atoms with Crippen molar-refractivity contribution in [2.24, 2.45) is 5.41 Å². The van der Waals surface area contributed by atoms with Gasteiger partial charge in [0, 0.05) is 0 Å². The highest BCUT2D eigenvalue weighted by Crippen LogP contribution is 2.15. The average molecular weight is 113 g/mol. The van der Waals surface area contributed by atoms with E-state index in [1.165, 1.54) is 0 Å². The molecule has 1 radical (unpaired) electrons. The normalized spacial score (nSPS) is 14.2. The molecule has 0 unspecified atom stereocenters. The van der Waals surface area contributed by atoms with Crippen LogP contribution in [-0.2, 0) is 5.11 Å². The van der Waals surface area contributed by atoms with E-state index in [-0.39, 0.29) is 11.2 Å². The second-order valence-corrected chi connectivity index (χ2v) is 3.12. The van der Waals surface area contributed by atoms with E-state index < -0.39 is 0 Å². The highest BCUT2D eigenvalue weighted by molar-refractivity contribution is 4.94. The van der Waals surface area contributed by atoms with Crippen LogP contribution in [0, 0.1) is 5.41 Å². The first-order valence-electron chi connectivity index (χ1n) is 2.78. The monoisotopic (exact) mass is 113 g/mol. The van der Waals surface area contributed by atoms with Crippen molar-refractivity contribution in [2.75, 3.05) is 0 Å². The fourth-order valence-electron chi connectivity index (χ4n) is 0.610. The molecule has 1 heteroatoms. The molecule has 0 N–H and O–H groups in total. The van der Waals surface area contributed by atoms with Crippen molar-refractivity contribution in [3.05, 3.63) is 11.8 Å². The molecule has 0 aliphatic heterocycles. The lowest BCUT2D eigenvalue weighted by molar-refractivity contribution is 0.290. The lowest BCUT2D eigenvalue weighted by Crippen LogP contribution is -1.99. The SMILES string of the molecule is CC([O])=CC(C)(C)C. The maximum absolute atomic E-state index is 10.4. The zero-order valence-electron chi connectivity index (χ0n) is 5.99. The van der Waals surface area contributed by atoms with Crippen LogP contribution in [0.3, 0.4) is 0 Å². The largest absolute Gasteiger partial charge is 0.296 e. The Morgan fingerprint density at radius 1 is 1.38 bits per heavy atom. The third-order valence-electron chi connectivity index (χ3n) is 0.636. The van der Waals surface area contributed by atoms with Crippen LogP contribution in [-0.4, -0.2) is 0 Å². The zero-order valence-corrected chi connectivity index (χ0v) is 5.99. The lowest BCUT2D eigenvalue weighted by Gasteiger charge is -2.09. The third kappa shape index (κ3) is 5.54. The minimum absolute atomic E-state index is 0.0475. The van der Waals surface area contributed by atoms with Crippen molar-refractivity contribution in [3.63, 3.8) is 0 Å². The Kier molecular flexibility index (Phi) is 2.08. The van der Waals surface area contributed by atoms with Crippen molar-refractivity contribution in [1.82, 2.24) is 0 Å². The molecule has 0 fully saturated rings. The standard InChI is InChI=1S/C7H13O/c1-6(8)5-7(2,3)4/h5H,1-4H3. The van der Waals surface area contributed by atoms with E-state index in [1.807, 2.05) is 20.8 Å². The zero-order chi connectivity index (χ0) is 6.78. The molecule has 47 valence electrons. The molecule has 0 rings (SSSR count). The Morgan fingerprint density at radius 2 is 1.75 bits per heavy atom. The van der Waals surface area contributed by atoms with Gasteiger partial charge in [-0.3, -0.25) is 5.11 Å². The smallest absolute Gasteiger partial charge is 0.149 e. The molecule has 0 spiro atoms. The fraction of sp³-hybridized carbons (Fsp3) is 0.714. The Labute approximate surface area is 51.0 Å². The molecule has 8 heavy (non-hydrogen) atoms. The molecular formula is C7H13O. The highest BCUT2D eigenvalue weighted by Gasteiger charge is 2.05. The van der Waals surface area contributed by atoms with Crippen LogP contribution in [0.5, 0.6) is 0 Å². The number of hydrogen-bond acceptors (Lipinski definition) is 0. The van der Waals surface area contributed by atoms with E-state index in [0.717, 1.165) is 0 Å². The van der Waals surface area contributed by atoms with E-state index in [1.54, 1.807) is 13.0 Å². The van der Waals surface area contributed by atoms with Crippen LogP contribution in [0.4, 0.5) is 0 Å². The Balaban J connectivity index is 3.89. The van der Waals surface area contributed by atoms with Gasteiger partial charge in [-0.2, -0.15) is 0 Å². The molecule has 0 bridgehead atoms. The van der Waals surface area contributed by atoms with Crippen LogP contribution >= 0.6 is 0 Å². The predicted octanol–water partition coefficient (Wildman–Crippen LogP) is 2.37. The van der Waals surface area contributed by atoms with Gasteiger partial charge in [0.15, 0.2) is 0 Å². The third-order valence-corrected chi connectivity index (χ3v) is 0.636. The van der Waals surface area contributed by atoms with E-state index >= 15 is 0 Å². The molecule has 0 aromatic rings. The predicted molar refractivity (Wildman–Crippen MR) is 33.9 cm³/mol. The highest BCUT2D eigenvalue weighted by atomic mass is 16.3. The topological polar surface area (TPSA) is 19.9 Å². The van der Waals surface area contributed by atoms with Gasteiger partial charge < -0.3 is 0 Å². The molecule has 0 heterocycles. The molecule has 0 aliphatic carbocycles. The van der Waals surface area contributed by atoms with Crippen molar-refractivity contribution >= 4 is 0 Å². The summed E-state index contributed by atoms with van der Waals surface area (Å²) in [7, 11) is 0. The first-order valence-corrected chi connectivity index (χ1v) is 2.78. The van der Waals surface area contributed by atoms with Gasteiger partial charge in [0.2, 0.25) is 0 Å². The first kappa shape index (κ1) is 7.54. The summed E-state index contributed by atoms with van der Waals surface area (Å²) in [5.74, 6) is 0.150. The summed E-state index contributed by atoms with van der Waals surface area (Å²) < 4.78 is 0. The van der Waals surface area contributed by atoms with Gasteiger partial charge in [-0.25, -0.2) is 0 Å². The van der Waals surface area contributed by atoms with Gasteiger partial charge >= 0.3 is 0 Å². The Hall–Kier alpha value is -0.460. The summed E-state index contributed by atoms with van der Waals surface area (Å²) in [6.45, 7) is 7.60. The van der Waals surface area contributed by atoms with E-state index in [0.29, 0.717) is 0 Å². The van der Waals surface area contributed by atoms with Gasteiger partial charge in [-0.05, 0) is 18.4 Å². The molecule has 0 saturated carbocycles. The molecule has 1 nitrogen and oxygen atoms in total. The van der Waals surface area contributed by atoms with Gasteiger partial charge in [0.05, 0.1) is 0 Å². The second kappa shape index (κ2) is 2.21. The molecule has 0 amide bonds. The van der Waals surface area contributed by atoms with Crippen LogP contribution in [0.2, 0.25) is 0 Å². The summed E-state index contributed by atoms with van der Waals surface area (Å²) in [5, 5.41) is 10.4. The summed E-state index contributed by atoms with van der Waals surface area (Å²) in [5.41, 5.74) is 0.0475. The Morgan fingerprint density at radius 3 is 1.75 bits per heavy atom.